The Bertz CT molecular complexity index is 407. The average molecular weight is 260 g/mol. The van der Waals surface area contributed by atoms with Crippen molar-refractivity contribution in [2.45, 2.75) is 39.0 Å². The van der Waals surface area contributed by atoms with Crippen LogP contribution < -0.4 is 0 Å². The standard InChI is InChI=1S/C13H12S.2C2H6/c14-13-9-5-4-8-12(13)10-11-6-2-1-3-7-11;2*1-2/h1-9,14H,10H2;2*1-2H3. The Morgan fingerprint density at radius 3 is 1.78 bits per heavy atom. The summed E-state index contributed by atoms with van der Waals surface area (Å²) in [7, 11) is 0. The van der Waals surface area contributed by atoms with Crippen LogP contribution >= 0.6 is 12.6 Å². The molecule has 0 saturated carbocycles. The van der Waals surface area contributed by atoms with Gasteiger partial charge in [-0.05, 0) is 23.6 Å². The lowest BCUT2D eigenvalue weighted by molar-refractivity contribution is 1.13. The molecular weight excluding hydrogens is 236 g/mol. The molecule has 0 aliphatic rings. The third kappa shape index (κ3) is 5.92. The van der Waals surface area contributed by atoms with E-state index in [2.05, 4.69) is 49.0 Å². The van der Waals surface area contributed by atoms with Crippen LogP contribution in [0.25, 0.3) is 0 Å². The summed E-state index contributed by atoms with van der Waals surface area (Å²) in [6, 6.07) is 18.7. The topological polar surface area (TPSA) is 0 Å². The van der Waals surface area contributed by atoms with Gasteiger partial charge in [0, 0.05) is 4.90 Å². The van der Waals surface area contributed by atoms with Crippen molar-refractivity contribution in [3.63, 3.8) is 0 Å². The van der Waals surface area contributed by atoms with Gasteiger partial charge in [-0.15, -0.1) is 12.6 Å². The number of benzene rings is 2. The van der Waals surface area contributed by atoms with Gasteiger partial charge in [0.2, 0.25) is 0 Å². The molecule has 0 aliphatic heterocycles. The molecule has 0 unspecified atom stereocenters. The van der Waals surface area contributed by atoms with Crippen LogP contribution in [0.3, 0.4) is 0 Å². The summed E-state index contributed by atoms with van der Waals surface area (Å²) in [5.41, 5.74) is 2.61. The molecule has 1 heteroatoms. The molecule has 0 radical (unpaired) electrons. The first-order valence-corrected chi connectivity index (χ1v) is 7.12. The molecule has 0 spiro atoms. The van der Waals surface area contributed by atoms with Crippen molar-refractivity contribution in [2.24, 2.45) is 0 Å². The maximum atomic E-state index is 4.43. The molecular formula is C17H24S. The number of thiol groups is 1. The van der Waals surface area contributed by atoms with Crippen molar-refractivity contribution in [2.75, 3.05) is 0 Å². The van der Waals surface area contributed by atoms with E-state index in [0.717, 1.165) is 11.3 Å². The van der Waals surface area contributed by atoms with Crippen LogP contribution in [-0.2, 0) is 6.42 Å². The smallest absolute Gasteiger partial charge is 0.00754 e. The van der Waals surface area contributed by atoms with E-state index in [1.165, 1.54) is 11.1 Å². The molecule has 0 saturated heterocycles. The zero-order chi connectivity index (χ0) is 13.8. The second-order valence-electron chi connectivity index (χ2n) is 3.29. The highest BCUT2D eigenvalue weighted by Crippen LogP contribution is 2.16. The van der Waals surface area contributed by atoms with Crippen LogP contribution in [0, 0.1) is 0 Å². The lowest BCUT2D eigenvalue weighted by Crippen LogP contribution is -1.88. The molecule has 0 bridgehead atoms. The molecule has 0 nitrogen and oxygen atoms in total. The molecule has 0 N–H and O–H groups in total. The minimum atomic E-state index is 0.959. The second kappa shape index (κ2) is 10.9. The Labute approximate surface area is 117 Å². The van der Waals surface area contributed by atoms with E-state index in [-0.39, 0.29) is 0 Å². The first-order chi connectivity index (χ1) is 8.86. The highest BCUT2D eigenvalue weighted by molar-refractivity contribution is 7.80. The highest BCUT2D eigenvalue weighted by Gasteiger charge is 1.98. The van der Waals surface area contributed by atoms with Gasteiger partial charge in [-0.3, -0.25) is 0 Å². The zero-order valence-electron chi connectivity index (χ0n) is 11.9. The molecule has 18 heavy (non-hydrogen) atoms. The lowest BCUT2D eigenvalue weighted by atomic mass is 10.1. The molecule has 98 valence electrons. The second-order valence-corrected chi connectivity index (χ2v) is 3.77. The molecule has 2 aromatic rings. The van der Waals surface area contributed by atoms with Crippen LogP contribution in [0.2, 0.25) is 0 Å². The van der Waals surface area contributed by atoms with Crippen molar-refractivity contribution in [3.05, 3.63) is 65.7 Å². The third-order valence-corrected chi connectivity index (χ3v) is 2.67. The van der Waals surface area contributed by atoms with Crippen LogP contribution in [0.4, 0.5) is 0 Å². The Morgan fingerprint density at radius 2 is 1.22 bits per heavy atom. The predicted molar refractivity (Wildman–Crippen MR) is 85.6 cm³/mol. The van der Waals surface area contributed by atoms with E-state index in [1.807, 2.05) is 45.9 Å². The minimum Gasteiger partial charge on any atom is -0.143 e. The molecule has 2 aromatic carbocycles. The molecule has 2 rings (SSSR count). The van der Waals surface area contributed by atoms with Gasteiger partial charge < -0.3 is 0 Å². The fourth-order valence-corrected chi connectivity index (χ4v) is 1.72. The lowest BCUT2D eigenvalue weighted by Gasteiger charge is -2.04. The van der Waals surface area contributed by atoms with Gasteiger partial charge in [0.15, 0.2) is 0 Å². The fourth-order valence-electron chi connectivity index (χ4n) is 1.48. The Hall–Kier alpha value is -1.21. The summed E-state index contributed by atoms with van der Waals surface area (Å²) in [5.74, 6) is 0. The van der Waals surface area contributed by atoms with Crippen LogP contribution in [0.1, 0.15) is 38.8 Å². The van der Waals surface area contributed by atoms with E-state index in [4.69, 9.17) is 0 Å². The van der Waals surface area contributed by atoms with E-state index in [1.54, 1.807) is 0 Å². The molecule has 0 aliphatic carbocycles. The zero-order valence-corrected chi connectivity index (χ0v) is 12.7. The summed E-state index contributed by atoms with van der Waals surface area (Å²) >= 11 is 4.43. The molecule has 0 aromatic heterocycles. The van der Waals surface area contributed by atoms with Crippen molar-refractivity contribution in [1.29, 1.82) is 0 Å². The summed E-state index contributed by atoms with van der Waals surface area (Å²) in [4.78, 5) is 1.07. The summed E-state index contributed by atoms with van der Waals surface area (Å²) in [6.07, 6.45) is 0.959. The molecule has 0 atom stereocenters. The summed E-state index contributed by atoms with van der Waals surface area (Å²) in [6.45, 7) is 8.00. The van der Waals surface area contributed by atoms with Gasteiger partial charge in [0.25, 0.3) is 0 Å². The molecule has 0 fully saturated rings. The van der Waals surface area contributed by atoms with Crippen LogP contribution in [-0.4, -0.2) is 0 Å². The van der Waals surface area contributed by atoms with Gasteiger partial charge in [-0.1, -0.05) is 76.2 Å². The highest BCUT2D eigenvalue weighted by atomic mass is 32.1. The third-order valence-electron chi connectivity index (χ3n) is 2.23. The number of rotatable bonds is 2. The molecule has 0 amide bonds. The van der Waals surface area contributed by atoms with Gasteiger partial charge in [0.1, 0.15) is 0 Å². The van der Waals surface area contributed by atoms with E-state index < -0.39 is 0 Å². The number of hydrogen-bond donors (Lipinski definition) is 1. The minimum absolute atomic E-state index is 0.959. The Kier molecular flexibility index (Phi) is 10.2. The van der Waals surface area contributed by atoms with E-state index >= 15 is 0 Å². The Morgan fingerprint density at radius 1 is 0.722 bits per heavy atom. The average Bonchev–Trinajstić information content (AvgIpc) is 2.47. The SMILES string of the molecule is CC.CC.Sc1ccccc1Cc1ccccc1. The predicted octanol–water partition coefficient (Wildman–Crippen LogP) is 5.62. The fraction of sp³-hybridized carbons (Fsp3) is 0.294. The molecule has 0 heterocycles. The first-order valence-electron chi connectivity index (χ1n) is 6.67. The summed E-state index contributed by atoms with van der Waals surface area (Å²) in [5, 5.41) is 0. The van der Waals surface area contributed by atoms with Gasteiger partial charge >= 0.3 is 0 Å². The number of hydrogen-bond acceptors (Lipinski definition) is 1. The van der Waals surface area contributed by atoms with Crippen LogP contribution in [0.5, 0.6) is 0 Å². The van der Waals surface area contributed by atoms with Crippen molar-refractivity contribution in [3.8, 4) is 0 Å². The van der Waals surface area contributed by atoms with Crippen molar-refractivity contribution >= 4 is 12.6 Å². The largest absolute Gasteiger partial charge is 0.143 e. The normalized spacial score (nSPS) is 8.50. The van der Waals surface area contributed by atoms with E-state index in [0.29, 0.717) is 0 Å². The van der Waals surface area contributed by atoms with Gasteiger partial charge in [-0.25, -0.2) is 0 Å². The maximum absolute atomic E-state index is 4.43. The quantitative estimate of drug-likeness (QED) is 0.666. The monoisotopic (exact) mass is 260 g/mol. The maximum Gasteiger partial charge on any atom is 0.00754 e. The van der Waals surface area contributed by atoms with Crippen molar-refractivity contribution < 1.29 is 0 Å². The van der Waals surface area contributed by atoms with Gasteiger partial charge in [-0.2, -0.15) is 0 Å². The Balaban J connectivity index is 0.000000659. The van der Waals surface area contributed by atoms with E-state index in [9.17, 15) is 0 Å². The van der Waals surface area contributed by atoms with Crippen LogP contribution in [0.15, 0.2) is 59.5 Å². The summed E-state index contributed by atoms with van der Waals surface area (Å²) < 4.78 is 0. The van der Waals surface area contributed by atoms with Crippen molar-refractivity contribution in [1.82, 2.24) is 0 Å². The first kappa shape index (κ1) is 16.8. The van der Waals surface area contributed by atoms with Gasteiger partial charge in [0.05, 0.1) is 0 Å².